The van der Waals surface area contributed by atoms with Crippen molar-refractivity contribution in [3.8, 4) is 0 Å². The number of hydrogen-bond acceptors (Lipinski definition) is 4. The summed E-state index contributed by atoms with van der Waals surface area (Å²) in [6.45, 7) is 11.6. The highest BCUT2D eigenvalue weighted by Gasteiger charge is 2.39. The van der Waals surface area contributed by atoms with E-state index in [0.717, 1.165) is 0 Å². The summed E-state index contributed by atoms with van der Waals surface area (Å²) in [5.41, 5.74) is 0. The van der Waals surface area contributed by atoms with E-state index in [0.29, 0.717) is 19.6 Å². The predicted octanol–water partition coefficient (Wildman–Crippen LogP) is 1.52. The Morgan fingerprint density at radius 1 is 1.29 bits per heavy atom. The van der Waals surface area contributed by atoms with Crippen LogP contribution in [0.4, 0.5) is 0 Å². The summed E-state index contributed by atoms with van der Waals surface area (Å²) in [5.74, 6) is 0. The lowest BCUT2D eigenvalue weighted by Gasteiger charge is -2.39. The van der Waals surface area contributed by atoms with Crippen LogP contribution in [-0.2, 0) is 9.16 Å². The van der Waals surface area contributed by atoms with Gasteiger partial charge < -0.3 is 19.4 Å². The third kappa shape index (κ3) is 4.03. The molecule has 0 amide bonds. The van der Waals surface area contributed by atoms with Crippen molar-refractivity contribution in [1.82, 2.24) is 0 Å². The monoisotopic (exact) mass is 262 g/mol. The molecule has 3 atom stereocenters. The number of ether oxygens (including phenoxy) is 1. The van der Waals surface area contributed by atoms with Crippen molar-refractivity contribution in [3.63, 3.8) is 0 Å². The van der Waals surface area contributed by atoms with Gasteiger partial charge in [-0.15, -0.1) is 0 Å². The summed E-state index contributed by atoms with van der Waals surface area (Å²) in [6, 6.07) is 0. The quantitative estimate of drug-likeness (QED) is 0.757. The Balaban J connectivity index is 2.46. The van der Waals surface area contributed by atoms with Crippen molar-refractivity contribution in [3.05, 3.63) is 0 Å². The van der Waals surface area contributed by atoms with Crippen molar-refractivity contribution in [2.24, 2.45) is 0 Å². The summed E-state index contributed by atoms with van der Waals surface area (Å²) >= 11 is 0. The number of aliphatic hydroxyl groups excluding tert-OH is 2. The van der Waals surface area contributed by atoms with Crippen molar-refractivity contribution in [2.75, 3.05) is 13.2 Å². The van der Waals surface area contributed by atoms with Crippen LogP contribution in [0.15, 0.2) is 0 Å². The molecule has 0 aliphatic carbocycles. The van der Waals surface area contributed by atoms with Crippen LogP contribution in [0.2, 0.25) is 18.1 Å². The second kappa shape index (κ2) is 5.36. The Morgan fingerprint density at radius 2 is 1.88 bits per heavy atom. The zero-order valence-corrected chi connectivity index (χ0v) is 12.6. The van der Waals surface area contributed by atoms with Gasteiger partial charge in [0.05, 0.1) is 25.4 Å². The molecular formula is C12H26O4Si. The molecule has 1 aliphatic rings. The highest BCUT2D eigenvalue weighted by Crippen LogP contribution is 2.36. The van der Waals surface area contributed by atoms with Gasteiger partial charge in [0.2, 0.25) is 0 Å². The van der Waals surface area contributed by atoms with E-state index in [-0.39, 0.29) is 11.1 Å². The van der Waals surface area contributed by atoms with Gasteiger partial charge in [-0.3, -0.25) is 0 Å². The van der Waals surface area contributed by atoms with Gasteiger partial charge in [-0.1, -0.05) is 20.8 Å². The Morgan fingerprint density at radius 3 is 2.35 bits per heavy atom. The number of hydrogen-bond donors (Lipinski definition) is 2. The first-order chi connectivity index (χ1) is 7.63. The Labute approximate surface area is 105 Å². The molecule has 0 aromatic rings. The second-order valence-corrected chi connectivity index (χ2v) is 11.2. The first-order valence-corrected chi connectivity index (χ1v) is 9.16. The van der Waals surface area contributed by atoms with E-state index >= 15 is 0 Å². The number of rotatable bonds is 3. The smallest absolute Gasteiger partial charge is 0.192 e. The van der Waals surface area contributed by atoms with Crippen LogP contribution in [0.25, 0.3) is 0 Å². The maximum absolute atomic E-state index is 9.79. The standard InChI is InChI=1S/C12H26O4Si/c1-12(2,3)17(4,5)16-8-11-10(14)6-9(13)7-15-11/h9-11,13-14H,6-8H2,1-5H3. The molecule has 0 bridgehead atoms. The molecule has 0 aromatic heterocycles. The summed E-state index contributed by atoms with van der Waals surface area (Å²) in [4.78, 5) is 0. The van der Waals surface area contributed by atoms with Gasteiger partial charge in [0.15, 0.2) is 8.32 Å². The Kier molecular flexibility index (Phi) is 4.77. The molecule has 5 heteroatoms. The van der Waals surface area contributed by atoms with Crippen molar-refractivity contribution in [1.29, 1.82) is 0 Å². The maximum atomic E-state index is 9.79. The van der Waals surface area contributed by atoms with E-state index in [1.54, 1.807) is 0 Å². The largest absolute Gasteiger partial charge is 0.414 e. The lowest BCUT2D eigenvalue weighted by Crippen LogP contribution is -2.48. The average molecular weight is 262 g/mol. The molecule has 0 saturated carbocycles. The molecule has 1 saturated heterocycles. The van der Waals surface area contributed by atoms with E-state index in [1.807, 2.05) is 0 Å². The molecule has 0 spiro atoms. The summed E-state index contributed by atoms with van der Waals surface area (Å²) < 4.78 is 11.4. The van der Waals surface area contributed by atoms with Crippen LogP contribution in [0.1, 0.15) is 27.2 Å². The van der Waals surface area contributed by atoms with Gasteiger partial charge >= 0.3 is 0 Å². The Hall–Kier alpha value is 0.0569. The molecule has 0 aromatic carbocycles. The molecule has 1 rings (SSSR count). The van der Waals surface area contributed by atoms with Crippen molar-refractivity contribution < 1.29 is 19.4 Å². The Bertz CT molecular complexity index is 249. The first kappa shape index (κ1) is 15.1. The van der Waals surface area contributed by atoms with E-state index in [2.05, 4.69) is 33.9 Å². The minimum Gasteiger partial charge on any atom is -0.414 e. The van der Waals surface area contributed by atoms with Gasteiger partial charge in [-0.25, -0.2) is 0 Å². The molecule has 102 valence electrons. The van der Waals surface area contributed by atoms with Crippen LogP contribution >= 0.6 is 0 Å². The lowest BCUT2D eigenvalue weighted by atomic mass is 10.0. The van der Waals surface area contributed by atoms with E-state index in [1.165, 1.54) is 0 Å². The van der Waals surface area contributed by atoms with Crippen LogP contribution in [0.3, 0.4) is 0 Å². The van der Waals surface area contributed by atoms with Gasteiger partial charge in [-0.05, 0) is 18.1 Å². The first-order valence-electron chi connectivity index (χ1n) is 6.25. The second-order valence-electron chi connectivity index (χ2n) is 6.40. The number of aliphatic hydroxyl groups is 2. The van der Waals surface area contributed by atoms with Gasteiger partial charge in [-0.2, -0.15) is 0 Å². The third-order valence-electron chi connectivity index (χ3n) is 3.86. The van der Waals surface area contributed by atoms with E-state index in [9.17, 15) is 10.2 Å². The molecule has 1 aliphatic heterocycles. The van der Waals surface area contributed by atoms with Gasteiger partial charge in [0, 0.05) is 6.42 Å². The maximum Gasteiger partial charge on any atom is 0.192 e. The fourth-order valence-corrected chi connectivity index (χ4v) is 2.52. The molecule has 17 heavy (non-hydrogen) atoms. The molecule has 0 radical (unpaired) electrons. The topological polar surface area (TPSA) is 58.9 Å². The van der Waals surface area contributed by atoms with E-state index < -0.39 is 20.5 Å². The highest BCUT2D eigenvalue weighted by molar-refractivity contribution is 6.74. The summed E-state index contributed by atoms with van der Waals surface area (Å²) in [6.07, 6.45) is -1.09. The predicted molar refractivity (Wildman–Crippen MR) is 69.5 cm³/mol. The third-order valence-corrected chi connectivity index (χ3v) is 8.36. The molecule has 4 nitrogen and oxygen atoms in total. The lowest BCUT2D eigenvalue weighted by molar-refractivity contribution is -0.134. The minimum absolute atomic E-state index is 0.159. The van der Waals surface area contributed by atoms with Crippen molar-refractivity contribution >= 4 is 8.32 Å². The zero-order chi connectivity index (χ0) is 13.3. The normalized spacial score (nSPS) is 31.6. The molecule has 1 fully saturated rings. The van der Waals surface area contributed by atoms with Crippen molar-refractivity contribution in [2.45, 2.75) is 63.6 Å². The van der Waals surface area contributed by atoms with Gasteiger partial charge in [0.1, 0.15) is 6.10 Å². The summed E-state index contributed by atoms with van der Waals surface area (Å²) in [5, 5.41) is 19.3. The molecule has 3 unspecified atom stereocenters. The van der Waals surface area contributed by atoms with Gasteiger partial charge in [0.25, 0.3) is 0 Å². The fourth-order valence-electron chi connectivity index (χ4n) is 1.51. The molecule has 1 heterocycles. The zero-order valence-electron chi connectivity index (χ0n) is 11.6. The summed E-state index contributed by atoms with van der Waals surface area (Å²) in [7, 11) is -1.79. The minimum atomic E-state index is -1.79. The highest BCUT2D eigenvalue weighted by atomic mass is 28.4. The molecular weight excluding hydrogens is 236 g/mol. The van der Waals surface area contributed by atoms with Crippen LogP contribution in [0.5, 0.6) is 0 Å². The van der Waals surface area contributed by atoms with E-state index in [4.69, 9.17) is 9.16 Å². The van der Waals surface area contributed by atoms with Crippen LogP contribution in [-0.4, -0.2) is 50.1 Å². The van der Waals surface area contributed by atoms with Crippen LogP contribution in [0, 0.1) is 0 Å². The van der Waals surface area contributed by atoms with Crippen LogP contribution < -0.4 is 0 Å². The fraction of sp³-hybridized carbons (Fsp3) is 1.00. The average Bonchev–Trinajstić information content (AvgIpc) is 2.14. The SMILES string of the molecule is CC(C)(C)[Si](C)(C)OCC1OCC(O)CC1O. The molecule has 2 N–H and O–H groups in total.